The van der Waals surface area contributed by atoms with E-state index in [4.69, 9.17) is 10.5 Å². The predicted octanol–water partition coefficient (Wildman–Crippen LogP) is 1.39. The van der Waals surface area contributed by atoms with Crippen LogP contribution >= 0.6 is 0 Å². The average molecular weight is 242 g/mol. The van der Waals surface area contributed by atoms with Gasteiger partial charge in [0, 0.05) is 33.4 Å². The largest absolute Gasteiger partial charge is 0.381 e. The van der Waals surface area contributed by atoms with Crippen molar-refractivity contribution < 1.29 is 9.53 Å². The van der Waals surface area contributed by atoms with Crippen LogP contribution in [0.4, 0.5) is 0 Å². The monoisotopic (exact) mass is 242 g/mol. The van der Waals surface area contributed by atoms with E-state index in [2.05, 4.69) is 6.92 Å². The van der Waals surface area contributed by atoms with Crippen LogP contribution in [-0.2, 0) is 9.53 Å². The quantitative estimate of drug-likeness (QED) is 0.716. The normalized spacial score (nSPS) is 19.0. The van der Waals surface area contributed by atoms with Crippen LogP contribution in [0.5, 0.6) is 0 Å². The van der Waals surface area contributed by atoms with Crippen LogP contribution in [0.2, 0.25) is 0 Å². The fourth-order valence-electron chi connectivity index (χ4n) is 2.37. The SMILES string of the molecule is CCCCCN(C)C(=O)C1(CN)CCOCC1. The Morgan fingerprint density at radius 2 is 2.00 bits per heavy atom. The third-order valence-corrected chi connectivity index (χ3v) is 3.74. The average Bonchev–Trinajstić information content (AvgIpc) is 2.38. The predicted molar refractivity (Wildman–Crippen MR) is 68.7 cm³/mol. The molecule has 0 aromatic rings. The highest BCUT2D eigenvalue weighted by molar-refractivity contribution is 5.82. The van der Waals surface area contributed by atoms with Crippen molar-refractivity contribution in [2.45, 2.75) is 39.0 Å². The molecular weight excluding hydrogens is 216 g/mol. The van der Waals surface area contributed by atoms with Crippen molar-refractivity contribution in [3.8, 4) is 0 Å². The molecule has 0 radical (unpaired) electrons. The lowest BCUT2D eigenvalue weighted by Crippen LogP contribution is -2.49. The van der Waals surface area contributed by atoms with E-state index in [-0.39, 0.29) is 11.3 Å². The summed E-state index contributed by atoms with van der Waals surface area (Å²) in [5, 5.41) is 0. The minimum Gasteiger partial charge on any atom is -0.381 e. The van der Waals surface area contributed by atoms with Gasteiger partial charge in [-0.3, -0.25) is 4.79 Å². The van der Waals surface area contributed by atoms with Crippen LogP contribution in [0.1, 0.15) is 39.0 Å². The minimum absolute atomic E-state index is 0.208. The van der Waals surface area contributed by atoms with Gasteiger partial charge in [-0.25, -0.2) is 0 Å². The van der Waals surface area contributed by atoms with Crippen LogP contribution in [0.25, 0.3) is 0 Å². The molecule has 0 aliphatic carbocycles. The third-order valence-electron chi connectivity index (χ3n) is 3.74. The van der Waals surface area contributed by atoms with E-state index in [1.807, 2.05) is 11.9 Å². The molecule has 0 bridgehead atoms. The number of hydrogen-bond acceptors (Lipinski definition) is 3. The van der Waals surface area contributed by atoms with Crippen LogP contribution in [-0.4, -0.2) is 44.2 Å². The van der Waals surface area contributed by atoms with E-state index in [1.165, 1.54) is 12.8 Å². The molecule has 0 aromatic carbocycles. The summed E-state index contributed by atoms with van der Waals surface area (Å²) in [5.74, 6) is 0.208. The summed E-state index contributed by atoms with van der Waals surface area (Å²) in [6.07, 6.45) is 4.96. The number of nitrogens with zero attached hydrogens (tertiary/aromatic N) is 1. The summed E-state index contributed by atoms with van der Waals surface area (Å²) >= 11 is 0. The van der Waals surface area contributed by atoms with Gasteiger partial charge in [0.05, 0.1) is 5.41 Å². The number of hydrogen-bond donors (Lipinski definition) is 1. The van der Waals surface area contributed by atoms with E-state index >= 15 is 0 Å². The number of nitrogens with two attached hydrogens (primary N) is 1. The standard InChI is InChI=1S/C13H26N2O2/c1-3-4-5-8-15(2)12(16)13(11-14)6-9-17-10-7-13/h3-11,14H2,1-2H3. The molecule has 0 saturated carbocycles. The van der Waals surface area contributed by atoms with Crippen molar-refractivity contribution in [3.05, 3.63) is 0 Å². The van der Waals surface area contributed by atoms with Gasteiger partial charge in [-0.2, -0.15) is 0 Å². The van der Waals surface area contributed by atoms with Crippen molar-refractivity contribution in [1.82, 2.24) is 4.90 Å². The maximum absolute atomic E-state index is 12.4. The zero-order valence-corrected chi connectivity index (χ0v) is 11.2. The van der Waals surface area contributed by atoms with E-state index in [1.54, 1.807) is 0 Å². The lowest BCUT2D eigenvalue weighted by molar-refractivity contribution is -0.145. The Bertz CT molecular complexity index is 238. The molecule has 1 amide bonds. The van der Waals surface area contributed by atoms with Crippen LogP contribution in [0, 0.1) is 5.41 Å². The molecule has 1 rings (SSSR count). The number of ether oxygens (including phenoxy) is 1. The molecule has 4 nitrogen and oxygen atoms in total. The van der Waals surface area contributed by atoms with E-state index in [9.17, 15) is 4.79 Å². The fraction of sp³-hybridized carbons (Fsp3) is 0.923. The lowest BCUT2D eigenvalue weighted by Gasteiger charge is -2.37. The summed E-state index contributed by atoms with van der Waals surface area (Å²) in [7, 11) is 1.89. The maximum Gasteiger partial charge on any atom is 0.229 e. The molecule has 1 heterocycles. The van der Waals surface area contributed by atoms with E-state index in [0.29, 0.717) is 19.8 Å². The summed E-state index contributed by atoms with van der Waals surface area (Å²) in [6, 6.07) is 0. The summed E-state index contributed by atoms with van der Waals surface area (Å²) in [5.41, 5.74) is 5.47. The fourth-order valence-corrected chi connectivity index (χ4v) is 2.37. The summed E-state index contributed by atoms with van der Waals surface area (Å²) < 4.78 is 5.33. The Hall–Kier alpha value is -0.610. The lowest BCUT2D eigenvalue weighted by atomic mass is 9.79. The Labute approximate surface area is 104 Å². The highest BCUT2D eigenvalue weighted by atomic mass is 16.5. The molecule has 1 fully saturated rings. The second-order valence-electron chi connectivity index (χ2n) is 5.03. The Morgan fingerprint density at radius 3 is 2.53 bits per heavy atom. The van der Waals surface area contributed by atoms with Crippen molar-refractivity contribution >= 4 is 5.91 Å². The molecule has 4 heteroatoms. The van der Waals surface area contributed by atoms with Crippen LogP contribution in [0.15, 0.2) is 0 Å². The maximum atomic E-state index is 12.4. The van der Waals surface area contributed by atoms with Gasteiger partial charge < -0.3 is 15.4 Å². The van der Waals surface area contributed by atoms with Gasteiger partial charge in [-0.15, -0.1) is 0 Å². The van der Waals surface area contributed by atoms with Gasteiger partial charge in [0.15, 0.2) is 0 Å². The van der Waals surface area contributed by atoms with Gasteiger partial charge in [-0.1, -0.05) is 19.8 Å². The molecule has 0 spiro atoms. The van der Waals surface area contributed by atoms with Gasteiger partial charge >= 0.3 is 0 Å². The number of carbonyl (C=O) groups excluding carboxylic acids is 1. The molecular formula is C13H26N2O2. The highest BCUT2D eigenvalue weighted by Crippen LogP contribution is 2.31. The summed E-state index contributed by atoms with van der Waals surface area (Å²) in [4.78, 5) is 14.3. The van der Waals surface area contributed by atoms with Crippen molar-refractivity contribution in [2.24, 2.45) is 11.1 Å². The molecule has 100 valence electrons. The first kappa shape index (κ1) is 14.5. The molecule has 0 atom stereocenters. The molecule has 0 unspecified atom stereocenters. The van der Waals surface area contributed by atoms with Crippen LogP contribution in [0.3, 0.4) is 0 Å². The Balaban J connectivity index is 2.52. The van der Waals surface area contributed by atoms with Gasteiger partial charge in [0.2, 0.25) is 5.91 Å². The van der Waals surface area contributed by atoms with Gasteiger partial charge in [0.25, 0.3) is 0 Å². The molecule has 2 N–H and O–H groups in total. The first-order valence-electron chi connectivity index (χ1n) is 6.69. The minimum atomic E-state index is -0.362. The van der Waals surface area contributed by atoms with Crippen molar-refractivity contribution in [3.63, 3.8) is 0 Å². The molecule has 1 aliphatic heterocycles. The van der Waals surface area contributed by atoms with Crippen LogP contribution < -0.4 is 5.73 Å². The smallest absolute Gasteiger partial charge is 0.229 e. The molecule has 17 heavy (non-hydrogen) atoms. The van der Waals surface area contributed by atoms with Gasteiger partial charge in [-0.05, 0) is 19.3 Å². The molecule has 0 aromatic heterocycles. The van der Waals surface area contributed by atoms with Gasteiger partial charge in [0.1, 0.15) is 0 Å². The van der Waals surface area contributed by atoms with E-state index in [0.717, 1.165) is 25.8 Å². The third kappa shape index (κ3) is 3.68. The first-order valence-corrected chi connectivity index (χ1v) is 6.69. The number of rotatable bonds is 6. The zero-order chi connectivity index (χ0) is 12.7. The number of carbonyl (C=O) groups is 1. The summed E-state index contributed by atoms with van der Waals surface area (Å²) in [6.45, 7) is 4.77. The second kappa shape index (κ2) is 6.97. The molecule has 1 aliphatic rings. The first-order chi connectivity index (χ1) is 8.16. The highest BCUT2D eigenvalue weighted by Gasteiger charge is 2.40. The number of amides is 1. The molecule has 1 saturated heterocycles. The zero-order valence-electron chi connectivity index (χ0n) is 11.2. The number of unbranched alkanes of at least 4 members (excludes halogenated alkanes) is 2. The van der Waals surface area contributed by atoms with Crippen molar-refractivity contribution in [2.75, 3.05) is 33.4 Å². The Morgan fingerprint density at radius 1 is 1.35 bits per heavy atom. The van der Waals surface area contributed by atoms with Crippen molar-refractivity contribution in [1.29, 1.82) is 0 Å². The Kier molecular flexibility index (Phi) is 5.92. The topological polar surface area (TPSA) is 55.6 Å². The van der Waals surface area contributed by atoms with E-state index < -0.39 is 0 Å². The second-order valence-corrected chi connectivity index (χ2v) is 5.03.